The third-order valence-electron chi connectivity index (χ3n) is 2.89. The molecular weight excluding hydrogens is 272 g/mol. The van der Waals surface area contributed by atoms with Gasteiger partial charge in [0.1, 0.15) is 0 Å². The summed E-state index contributed by atoms with van der Waals surface area (Å²) in [7, 11) is 0. The molecule has 2 rings (SSSR count). The lowest BCUT2D eigenvalue weighted by atomic mass is 10.0. The Balaban J connectivity index is 2.25. The molecule has 0 atom stereocenters. The zero-order chi connectivity index (χ0) is 15.4. The summed E-state index contributed by atoms with van der Waals surface area (Å²) >= 11 is 0. The summed E-state index contributed by atoms with van der Waals surface area (Å²) in [5.41, 5.74) is 2.46. The molecule has 108 valence electrons. The molecule has 0 spiro atoms. The Labute approximate surface area is 121 Å². The molecule has 2 N–H and O–H groups in total. The zero-order valence-electron chi connectivity index (χ0n) is 11.6. The second-order valence-electron chi connectivity index (χ2n) is 4.48. The summed E-state index contributed by atoms with van der Waals surface area (Å²) < 4.78 is 4.93. The number of carbonyl (C=O) groups is 2. The summed E-state index contributed by atoms with van der Waals surface area (Å²) in [5.74, 6) is -1.11. The first-order valence-electron chi connectivity index (χ1n) is 6.22. The predicted octanol–water partition coefficient (Wildman–Crippen LogP) is 2.64. The van der Waals surface area contributed by atoms with Crippen molar-refractivity contribution < 1.29 is 19.2 Å². The maximum absolute atomic E-state index is 12.2. The smallest absolute Gasteiger partial charge is 0.328 e. The average Bonchev–Trinajstić information content (AvgIpc) is 2.82. The van der Waals surface area contributed by atoms with Gasteiger partial charge in [0.15, 0.2) is 0 Å². The van der Waals surface area contributed by atoms with Crippen LogP contribution in [0.3, 0.4) is 0 Å². The Morgan fingerprint density at radius 1 is 1.33 bits per heavy atom. The van der Waals surface area contributed by atoms with Gasteiger partial charge in [-0.1, -0.05) is 17.3 Å². The number of carboxylic acid groups (broad SMARTS) is 1. The van der Waals surface area contributed by atoms with Gasteiger partial charge in [-0.15, -0.1) is 0 Å². The molecule has 0 aliphatic rings. The third-order valence-corrected chi connectivity index (χ3v) is 2.89. The SMILES string of the molecule is Cc1cc(NC(=O)c2cccc(C=CC(=O)O)c2C)on1. The number of hydrogen-bond donors (Lipinski definition) is 2. The molecule has 2 aromatic rings. The molecule has 0 saturated carbocycles. The molecule has 0 fully saturated rings. The molecule has 1 heterocycles. The van der Waals surface area contributed by atoms with Gasteiger partial charge in [0.05, 0.1) is 5.69 Å². The van der Waals surface area contributed by atoms with Crippen LogP contribution in [0.4, 0.5) is 5.88 Å². The van der Waals surface area contributed by atoms with E-state index in [-0.39, 0.29) is 11.8 Å². The third kappa shape index (κ3) is 3.56. The topological polar surface area (TPSA) is 92.4 Å². The van der Waals surface area contributed by atoms with Gasteiger partial charge in [-0.05, 0) is 37.1 Å². The fourth-order valence-electron chi connectivity index (χ4n) is 1.84. The Hall–Kier alpha value is -2.89. The largest absolute Gasteiger partial charge is 0.478 e. The number of benzene rings is 1. The predicted molar refractivity (Wildman–Crippen MR) is 77.0 cm³/mol. The minimum atomic E-state index is -1.04. The fourth-order valence-corrected chi connectivity index (χ4v) is 1.84. The van der Waals surface area contributed by atoms with Crippen LogP contribution in [-0.2, 0) is 4.79 Å². The highest BCUT2D eigenvalue weighted by Gasteiger charge is 2.13. The van der Waals surface area contributed by atoms with Crippen molar-refractivity contribution in [1.29, 1.82) is 0 Å². The van der Waals surface area contributed by atoms with Crippen LogP contribution in [0.25, 0.3) is 6.08 Å². The number of carbonyl (C=O) groups excluding carboxylic acids is 1. The van der Waals surface area contributed by atoms with Gasteiger partial charge in [-0.3, -0.25) is 10.1 Å². The first-order chi connectivity index (χ1) is 9.97. The number of aliphatic carboxylic acids is 1. The summed E-state index contributed by atoms with van der Waals surface area (Å²) in [6.07, 6.45) is 2.48. The summed E-state index contributed by atoms with van der Waals surface area (Å²) in [5, 5.41) is 14.9. The van der Waals surface area contributed by atoms with Crippen molar-refractivity contribution in [3.63, 3.8) is 0 Å². The highest BCUT2D eigenvalue weighted by molar-refractivity contribution is 6.05. The molecule has 0 unspecified atom stereocenters. The number of carboxylic acids is 1. The molecule has 6 nitrogen and oxygen atoms in total. The number of rotatable bonds is 4. The quantitative estimate of drug-likeness (QED) is 0.843. The van der Waals surface area contributed by atoms with Crippen LogP contribution in [0.1, 0.15) is 27.2 Å². The number of hydrogen-bond acceptors (Lipinski definition) is 4. The van der Waals surface area contributed by atoms with Crippen molar-refractivity contribution in [3.8, 4) is 0 Å². The van der Waals surface area contributed by atoms with Gasteiger partial charge in [0.2, 0.25) is 5.88 Å². The van der Waals surface area contributed by atoms with Gasteiger partial charge in [-0.25, -0.2) is 4.79 Å². The second-order valence-corrected chi connectivity index (χ2v) is 4.48. The van der Waals surface area contributed by atoms with Crippen LogP contribution in [0.5, 0.6) is 0 Å². The van der Waals surface area contributed by atoms with E-state index in [1.165, 1.54) is 6.08 Å². The van der Waals surface area contributed by atoms with Crippen LogP contribution >= 0.6 is 0 Å². The van der Waals surface area contributed by atoms with E-state index in [0.29, 0.717) is 22.4 Å². The molecular formula is C15H14N2O4. The summed E-state index contributed by atoms with van der Waals surface area (Å²) in [4.78, 5) is 22.8. The van der Waals surface area contributed by atoms with Crippen LogP contribution in [-0.4, -0.2) is 22.1 Å². The number of nitrogens with zero attached hydrogens (tertiary/aromatic N) is 1. The standard InChI is InChI=1S/C15H14N2O4/c1-9-8-13(21-17-9)16-15(20)12-5-3-4-11(10(12)2)6-7-14(18)19/h3-8H,1-2H3,(H,16,20)(H,18,19). The van der Waals surface area contributed by atoms with E-state index in [1.54, 1.807) is 38.1 Å². The highest BCUT2D eigenvalue weighted by atomic mass is 16.5. The van der Waals surface area contributed by atoms with Crippen molar-refractivity contribution in [1.82, 2.24) is 5.16 Å². The molecule has 1 aromatic heterocycles. The van der Waals surface area contributed by atoms with Gasteiger partial charge >= 0.3 is 5.97 Å². The highest BCUT2D eigenvalue weighted by Crippen LogP contribution is 2.17. The Bertz CT molecular complexity index is 716. The molecule has 21 heavy (non-hydrogen) atoms. The average molecular weight is 286 g/mol. The molecule has 1 aromatic carbocycles. The lowest BCUT2D eigenvalue weighted by Crippen LogP contribution is -2.13. The van der Waals surface area contributed by atoms with Crippen molar-refractivity contribution in [3.05, 3.63) is 52.7 Å². The van der Waals surface area contributed by atoms with E-state index in [0.717, 1.165) is 6.08 Å². The van der Waals surface area contributed by atoms with Crippen molar-refractivity contribution in [2.24, 2.45) is 0 Å². The van der Waals surface area contributed by atoms with E-state index in [9.17, 15) is 9.59 Å². The summed E-state index contributed by atoms with van der Waals surface area (Å²) in [6, 6.07) is 6.70. The Morgan fingerprint density at radius 2 is 2.10 bits per heavy atom. The molecule has 0 radical (unpaired) electrons. The van der Waals surface area contributed by atoms with E-state index in [1.807, 2.05) is 0 Å². The number of anilines is 1. The van der Waals surface area contributed by atoms with E-state index in [4.69, 9.17) is 9.63 Å². The normalized spacial score (nSPS) is 10.8. The van der Waals surface area contributed by atoms with E-state index < -0.39 is 5.97 Å². The van der Waals surface area contributed by atoms with Crippen molar-refractivity contribution in [2.75, 3.05) is 5.32 Å². The van der Waals surface area contributed by atoms with Crippen LogP contribution in [0.15, 0.2) is 34.9 Å². The first-order valence-corrected chi connectivity index (χ1v) is 6.22. The van der Waals surface area contributed by atoms with Gasteiger partial charge in [0, 0.05) is 17.7 Å². The lowest BCUT2D eigenvalue weighted by Gasteiger charge is -2.07. The van der Waals surface area contributed by atoms with E-state index >= 15 is 0 Å². The minimum absolute atomic E-state index is 0.267. The monoisotopic (exact) mass is 286 g/mol. The zero-order valence-corrected chi connectivity index (χ0v) is 11.6. The molecule has 0 aliphatic heterocycles. The Kier molecular flexibility index (Phi) is 4.18. The minimum Gasteiger partial charge on any atom is -0.478 e. The van der Waals surface area contributed by atoms with Crippen LogP contribution in [0.2, 0.25) is 0 Å². The van der Waals surface area contributed by atoms with Gasteiger partial charge in [-0.2, -0.15) is 0 Å². The first kappa shape index (κ1) is 14.5. The lowest BCUT2D eigenvalue weighted by molar-refractivity contribution is -0.131. The molecule has 6 heteroatoms. The molecule has 0 aliphatic carbocycles. The second kappa shape index (κ2) is 6.04. The number of amides is 1. The van der Waals surface area contributed by atoms with Gasteiger partial charge < -0.3 is 9.63 Å². The number of nitrogens with one attached hydrogen (secondary N) is 1. The molecule has 0 saturated heterocycles. The molecule has 1 amide bonds. The van der Waals surface area contributed by atoms with E-state index in [2.05, 4.69) is 10.5 Å². The van der Waals surface area contributed by atoms with Crippen molar-refractivity contribution in [2.45, 2.75) is 13.8 Å². The maximum Gasteiger partial charge on any atom is 0.328 e. The van der Waals surface area contributed by atoms with Crippen LogP contribution < -0.4 is 5.32 Å². The maximum atomic E-state index is 12.2. The van der Waals surface area contributed by atoms with Crippen molar-refractivity contribution >= 4 is 23.8 Å². The van der Waals surface area contributed by atoms with Gasteiger partial charge in [0.25, 0.3) is 5.91 Å². The fraction of sp³-hybridized carbons (Fsp3) is 0.133. The summed E-state index contributed by atoms with van der Waals surface area (Å²) in [6.45, 7) is 3.50. The van der Waals surface area contributed by atoms with Crippen LogP contribution in [0, 0.1) is 13.8 Å². The number of aromatic nitrogens is 1. The molecule has 0 bridgehead atoms. The number of aryl methyl sites for hydroxylation is 1. The Morgan fingerprint density at radius 3 is 2.71 bits per heavy atom.